The Bertz CT molecular complexity index is 1320. The third-order valence-corrected chi connectivity index (χ3v) is 6.04. The maximum absolute atomic E-state index is 14.9. The number of rotatable bonds is 3. The topological polar surface area (TPSA) is 77.0 Å². The van der Waals surface area contributed by atoms with Crippen LogP contribution in [0.15, 0.2) is 71.7 Å². The van der Waals surface area contributed by atoms with Crippen LogP contribution >= 0.6 is 0 Å². The Balaban J connectivity index is 1.58. The van der Waals surface area contributed by atoms with Crippen molar-refractivity contribution in [3.63, 3.8) is 0 Å². The van der Waals surface area contributed by atoms with Crippen LogP contribution in [0.5, 0.6) is 0 Å². The van der Waals surface area contributed by atoms with E-state index < -0.39 is 18.0 Å². The maximum atomic E-state index is 14.9. The first-order chi connectivity index (χ1) is 16.4. The summed E-state index contributed by atoms with van der Waals surface area (Å²) in [5.41, 5.74) is 4.35. The number of urea groups is 1. The molecule has 0 aromatic heterocycles. The zero-order chi connectivity index (χ0) is 23.8. The molecule has 0 saturated heterocycles. The molecule has 3 aromatic rings. The van der Waals surface area contributed by atoms with Crippen molar-refractivity contribution in [3.8, 4) is 0 Å². The number of para-hydroxylation sites is 1. The zero-order valence-corrected chi connectivity index (χ0v) is 18.9. The molecule has 1 unspecified atom stereocenters. The molecule has 0 aliphatic carbocycles. The first-order valence-corrected chi connectivity index (χ1v) is 11.0. The first-order valence-electron chi connectivity index (χ1n) is 11.0. The van der Waals surface area contributed by atoms with E-state index in [2.05, 4.69) is 20.5 Å². The summed E-state index contributed by atoms with van der Waals surface area (Å²) < 4.78 is 14.9. The highest BCUT2D eigenvalue weighted by Gasteiger charge is 2.37. The van der Waals surface area contributed by atoms with E-state index in [1.807, 2.05) is 50.4 Å². The fourth-order valence-corrected chi connectivity index (χ4v) is 4.39. The van der Waals surface area contributed by atoms with Crippen molar-refractivity contribution in [2.75, 3.05) is 35.3 Å². The number of aryl methyl sites for hydroxylation is 1. The van der Waals surface area contributed by atoms with Gasteiger partial charge in [-0.05, 0) is 42.8 Å². The summed E-state index contributed by atoms with van der Waals surface area (Å²) in [5, 5.41) is 5.44. The third-order valence-electron chi connectivity index (χ3n) is 6.04. The predicted octanol–water partition coefficient (Wildman–Crippen LogP) is 3.92. The number of nitrogens with zero attached hydrogens (tertiary/aromatic N) is 3. The molecule has 0 bridgehead atoms. The molecule has 0 spiro atoms. The SMILES string of the molecule is Cc1cccc(NC(=O)NC2N=C(c3ccccc3F)c3cccc4c3N(CCN4C)C2=O)c1. The summed E-state index contributed by atoms with van der Waals surface area (Å²) >= 11 is 0. The number of likely N-dealkylation sites (N-methyl/N-ethyl adjacent to an activating group) is 1. The van der Waals surface area contributed by atoms with E-state index in [4.69, 9.17) is 0 Å². The smallest absolute Gasteiger partial charge is 0.321 e. The third kappa shape index (κ3) is 3.87. The lowest BCUT2D eigenvalue weighted by Crippen LogP contribution is -2.51. The fourth-order valence-electron chi connectivity index (χ4n) is 4.39. The van der Waals surface area contributed by atoms with Gasteiger partial charge in [-0.3, -0.25) is 4.79 Å². The van der Waals surface area contributed by atoms with Gasteiger partial charge in [-0.15, -0.1) is 0 Å². The number of hydrogen-bond acceptors (Lipinski definition) is 4. The summed E-state index contributed by atoms with van der Waals surface area (Å²) in [6.45, 7) is 2.97. The number of halogens is 1. The lowest BCUT2D eigenvalue weighted by molar-refractivity contribution is -0.120. The standard InChI is InChI=1S/C26H24FN5O2/c1-16-7-5-8-17(15-16)28-26(34)30-24-25(33)32-14-13-31(2)21-12-6-10-19(23(21)32)22(29-24)18-9-3-4-11-20(18)27/h3-12,15,24H,13-14H2,1-2H3,(H2,28,30,34). The quantitative estimate of drug-likeness (QED) is 0.626. The molecule has 34 heavy (non-hydrogen) atoms. The van der Waals surface area contributed by atoms with Crippen molar-refractivity contribution >= 4 is 34.7 Å². The van der Waals surface area contributed by atoms with E-state index in [1.165, 1.54) is 6.07 Å². The van der Waals surface area contributed by atoms with Crippen molar-refractivity contribution in [2.45, 2.75) is 13.1 Å². The summed E-state index contributed by atoms with van der Waals surface area (Å²) in [5.74, 6) is -0.820. The van der Waals surface area contributed by atoms with Crippen LogP contribution in [0, 0.1) is 12.7 Å². The van der Waals surface area contributed by atoms with Crippen LogP contribution in [0.3, 0.4) is 0 Å². The number of anilines is 3. The summed E-state index contributed by atoms with van der Waals surface area (Å²) in [6.07, 6.45) is -1.22. The average Bonchev–Trinajstić information content (AvgIpc) is 2.93. The van der Waals surface area contributed by atoms with Crippen LogP contribution in [0.2, 0.25) is 0 Å². The largest absolute Gasteiger partial charge is 0.371 e. The molecule has 0 fully saturated rings. The molecular formula is C26H24FN5O2. The molecule has 3 aromatic carbocycles. The minimum Gasteiger partial charge on any atom is -0.371 e. The molecule has 172 valence electrons. The van der Waals surface area contributed by atoms with Gasteiger partial charge in [0.2, 0.25) is 6.17 Å². The summed E-state index contributed by atoms with van der Waals surface area (Å²) in [4.78, 5) is 34.7. The highest BCUT2D eigenvalue weighted by Crippen LogP contribution is 2.39. The molecule has 2 heterocycles. The number of carbonyl (C=O) groups is 2. The number of benzene rings is 3. The van der Waals surface area contributed by atoms with Gasteiger partial charge in [0, 0.05) is 37.0 Å². The van der Waals surface area contributed by atoms with E-state index in [0.29, 0.717) is 35.7 Å². The van der Waals surface area contributed by atoms with Crippen LogP contribution in [0.1, 0.15) is 16.7 Å². The van der Waals surface area contributed by atoms with Crippen molar-refractivity contribution in [1.29, 1.82) is 0 Å². The average molecular weight is 458 g/mol. The highest BCUT2D eigenvalue weighted by molar-refractivity contribution is 6.22. The van der Waals surface area contributed by atoms with Gasteiger partial charge in [0.25, 0.3) is 5.91 Å². The van der Waals surface area contributed by atoms with E-state index >= 15 is 0 Å². The molecule has 0 saturated carbocycles. The molecule has 1 atom stereocenters. The molecule has 5 rings (SSSR count). The van der Waals surface area contributed by atoms with Gasteiger partial charge in [-0.1, -0.05) is 36.4 Å². The molecule has 2 aliphatic heterocycles. The maximum Gasteiger partial charge on any atom is 0.321 e. The Labute approximate surface area is 196 Å². The Morgan fingerprint density at radius 2 is 1.79 bits per heavy atom. The van der Waals surface area contributed by atoms with E-state index in [0.717, 1.165) is 11.3 Å². The first kappa shape index (κ1) is 21.6. The molecule has 2 N–H and O–H groups in total. The monoisotopic (exact) mass is 457 g/mol. The van der Waals surface area contributed by atoms with Crippen LogP contribution in [0.4, 0.5) is 26.2 Å². The number of nitrogens with one attached hydrogen (secondary N) is 2. The van der Waals surface area contributed by atoms with Gasteiger partial charge in [0.05, 0.1) is 17.1 Å². The Kier molecular flexibility index (Phi) is 5.49. The van der Waals surface area contributed by atoms with Gasteiger partial charge < -0.3 is 20.4 Å². The number of aliphatic imine (C=N–C) groups is 1. The van der Waals surface area contributed by atoms with Crippen LogP contribution in [-0.2, 0) is 4.79 Å². The van der Waals surface area contributed by atoms with Gasteiger partial charge >= 0.3 is 6.03 Å². The molecule has 3 amide bonds. The normalized spacial score (nSPS) is 17.0. The Hall–Kier alpha value is -4.20. The van der Waals surface area contributed by atoms with E-state index in [1.54, 1.807) is 29.2 Å². The van der Waals surface area contributed by atoms with E-state index in [-0.39, 0.29) is 11.5 Å². The van der Waals surface area contributed by atoms with Crippen LogP contribution < -0.4 is 20.4 Å². The molecule has 8 heteroatoms. The fraction of sp³-hybridized carbons (Fsp3) is 0.192. The van der Waals surface area contributed by atoms with Gasteiger partial charge in [-0.2, -0.15) is 0 Å². The zero-order valence-electron chi connectivity index (χ0n) is 18.9. The highest BCUT2D eigenvalue weighted by atomic mass is 19.1. The number of amides is 3. The van der Waals surface area contributed by atoms with Crippen LogP contribution in [-0.4, -0.2) is 44.0 Å². The van der Waals surface area contributed by atoms with Crippen molar-refractivity contribution < 1.29 is 14.0 Å². The van der Waals surface area contributed by atoms with Gasteiger partial charge in [0.1, 0.15) is 5.82 Å². The lowest BCUT2D eigenvalue weighted by atomic mass is 9.97. The minimum absolute atomic E-state index is 0.268. The molecule has 2 aliphatic rings. The molecule has 7 nitrogen and oxygen atoms in total. The van der Waals surface area contributed by atoms with Gasteiger partial charge in [0.15, 0.2) is 0 Å². The number of hydrogen-bond donors (Lipinski definition) is 2. The van der Waals surface area contributed by atoms with Crippen molar-refractivity contribution in [1.82, 2.24) is 5.32 Å². The summed E-state index contributed by atoms with van der Waals surface area (Å²) in [7, 11) is 1.95. The van der Waals surface area contributed by atoms with Crippen molar-refractivity contribution in [2.24, 2.45) is 4.99 Å². The second-order valence-electron chi connectivity index (χ2n) is 8.41. The Morgan fingerprint density at radius 3 is 2.59 bits per heavy atom. The molecule has 0 radical (unpaired) electrons. The predicted molar refractivity (Wildman–Crippen MR) is 131 cm³/mol. The second kappa shape index (κ2) is 8.62. The number of carbonyl (C=O) groups excluding carboxylic acids is 2. The Morgan fingerprint density at radius 1 is 1.03 bits per heavy atom. The second-order valence-corrected chi connectivity index (χ2v) is 8.41. The van der Waals surface area contributed by atoms with Crippen molar-refractivity contribution in [3.05, 3.63) is 89.2 Å². The summed E-state index contributed by atoms with van der Waals surface area (Å²) in [6, 6.07) is 18.7. The minimum atomic E-state index is -1.22. The van der Waals surface area contributed by atoms with Crippen LogP contribution in [0.25, 0.3) is 0 Å². The van der Waals surface area contributed by atoms with Gasteiger partial charge in [-0.25, -0.2) is 14.2 Å². The van der Waals surface area contributed by atoms with E-state index in [9.17, 15) is 14.0 Å². The lowest BCUT2D eigenvalue weighted by Gasteiger charge is -2.36. The molecular weight excluding hydrogens is 433 g/mol.